The van der Waals surface area contributed by atoms with Crippen molar-refractivity contribution >= 4 is 29.1 Å². The molecule has 120 valence electrons. The van der Waals surface area contributed by atoms with Crippen LogP contribution in [-0.2, 0) is 11.3 Å². The molecule has 0 aromatic heterocycles. The number of hydrogen-bond acceptors (Lipinski definition) is 3. The van der Waals surface area contributed by atoms with Crippen molar-refractivity contribution in [1.29, 1.82) is 0 Å². The summed E-state index contributed by atoms with van der Waals surface area (Å²) in [4.78, 5) is 23.9. The van der Waals surface area contributed by atoms with Crippen LogP contribution in [0.3, 0.4) is 0 Å². The largest absolute Gasteiger partial charge is 0.380 e. The van der Waals surface area contributed by atoms with Crippen molar-refractivity contribution in [3.8, 4) is 0 Å². The first-order valence-corrected chi connectivity index (χ1v) is 7.34. The molecule has 0 saturated heterocycles. The Morgan fingerprint density at radius 2 is 1.70 bits per heavy atom. The van der Waals surface area contributed by atoms with Gasteiger partial charge in [-0.25, -0.2) is 0 Å². The first-order valence-electron chi connectivity index (χ1n) is 6.96. The molecule has 0 heterocycles. The highest BCUT2D eigenvalue weighted by molar-refractivity contribution is 6.34. The second-order valence-corrected chi connectivity index (χ2v) is 5.27. The van der Waals surface area contributed by atoms with Crippen LogP contribution in [0.1, 0.15) is 26.3 Å². The van der Waals surface area contributed by atoms with Crippen LogP contribution in [0.5, 0.6) is 0 Å². The van der Waals surface area contributed by atoms with Gasteiger partial charge < -0.3 is 15.4 Å². The lowest BCUT2D eigenvalue weighted by atomic mass is 10.1. The van der Waals surface area contributed by atoms with E-state index in [1.165, 1.54) is 7.05 Å². The summed E-state index contributed by atoms with van der Waals surface area (Å²) in [6.07, 6.45) is 0. The molecule has 2 aromatic carbocycles. The number of halogens is 1. The average molecular weight is 333 g/mol. The summed E-state index contributed by atoms with van der Waals surface area (Å²) in [6, 6.07) is 11.8. The summed E-state index contributed by atoms with van der Waals surface area (Å²) in [6.45, 7) is 0.488. The molecule has 0 aliphatic carbocycles. The predicted octanol–water partition coefficient (Wildman–Crippen LogP) is 3.10. The number of rotatable bonds is 5. The van der Waals surface area contributed by atoms with Crippen LogP contribution in [0, 0.1) is 0 Å². The van der Waals surface area contributed by atoms with E-state index >= 15 is 0 Å². The van der Waals surface area contributed by atoms with Crippen LogP contribution in [0.4, 0.5) is 5.69 Å². The summed E-state index contributed by atoms with van der Waals surface area (Å²) in [5.74, 6) is -0.550. The predicted molar refractivity (Wildman–Crippen MR) is 90.0 cm³/mol. The molecule has 0 radical (unpaired) electrons. The first-order chi connectivity index (χ1) is 11.0. The Balaban J connectivity index is 2.17. The third-order valence-electron chi connectivity index (χ3n) is 3.23. The average Bonchev–Trinajstić information content (AvgIpc) is 2.57. The Labute approximate surface area is 139 Å². The Bertz CT molecular complexity index is 714. The lowest BCUT2D eigenvalue weighted by molar-refractivity contribution is 0.0961. The second kappa shape index (κ2) is 7.76. The van der Waals surface area contributed by atoms with Gasteiger partial charge in [0.15, 0.2) is 0 Å². The third-order valence-corrected chi connectivity index (χ3v) is 3.56. The van der Waals surface area contributed by atoms with Crippen molar-refractivity contribution in [3.05, 3.63) is 64.2 Å². The lowest BCUT2D eigenvalue weighted by Crippen LogP contribution is -2.18. The molecule has 5 nitrogen and oxygen atoms in total. The zero-order chi connectivity index (χ0) is 16.8. The number of hydrogen-bond donors (Lipinski definition) is 2. The quantitative estimate of drug-likeness (QED) is 0.884. The first kappa shape index (κ1) is 17.0. The van der Waals surface area contributed by atoms with Gasteiger partial charge in [-0.3, -0.25) is 9.59 Å². The van der Waals surface area contributed by atoms with Crippen molar-refractivity contribution in [2.45, 2.75) is 6.61 Å². The number of carbonyl (C=O) groups is 2. The van der Waals surface area contributed by atoms with Gasteiger partial charge in [-0.2, -0.15) is 0 Å². The minimum atomic E-state index is -0.301. The summed E-state index contributed by atoms with van der Waals surface area (Å²) >= 11 is 6.08. The number of benzene rings is 2. The van der Waals surface area contributed by atoms with Gasteiger partial charge in [0.1, 0.15) is 0 Å². The van der Waals surface area contributed by atoms with E-state index in [2.05, 4.69) is 10.6 Å². The minimum absolute atomic E-state index is 0.249. The topological polar surface area (TPSA) is 67.4 Å². The molecule has 2 aromatic rings. The van der Waals surface area contributed by atoms with Crippen LogP contribution >= 0.6 is 11.6 Å². The zero-order valence-corrected chi connectivity index (χ0v) is 13.6. The summed E-state index contributed by atoms with van der Waals surface area (Å²) in [5, 5.41) is 5.60. The van der Waals surface area contributed by atoms with Crippen molar-refractivity contribution < 1.29 is 14.3 Å². The van der Waals surface area contributed by atoms with E-state index in [4.69, 9.17) is 16.3 Å². The van der Waals surface area contributed by atoms with Gasteiger partial charge in [0.25, 0.3) is 11.8 Å². The molecular weight excluding hydrogens is 316 g/mol. The van der Waals surface area contributed by atoms with Crippen molar-refractivity contribution in [3.63, 3.8) is 0 Å². The highest BCUT2D eigenvalue weighted by atomic mass is 35.5. The monoisotopic (exact) mass is 332 g/mol. The molecule has 0 fully saturated rings. The summed E-state index contributed by atoms with van der Waals surface area (Å²) in [5.41, 5.74) is 2.27. The number of carbonyl (C=O) groups excluding carboxylic acids is 2. The van der Waals surface area contributed by atoms with Crippen LogP contribution in [0.25, 0.3) is 0 Å². The van der Waals surface area contributed by atoms with Crippen LogP contribution in [0.2, 0.25) is 5.02 Å². The molecular formula is C17H17ClN2O3. The summed E-state index contributed by atoms with van der Waals surface area (Å²) in [7, 11) is 3.15. The van der Waals surface area contributed by atoms with Gasteiger partial charge in [0.05, 0.1) is 17.3 Å². The van der Waals surface area contributed by atoms with Crippen LogP contribution < -0.4 is 10.6 Å². The highest BCUT2D eigenvalue weighted by Crippen LogP contribution is 2.24. The van der Waals surface area contributed by atoms with E-state index in [1.807, 2.05) is 12.1 Å². The lowest BCUT2D eigenvalue weighted by Gasteiger charge is -2.09. The fourth-order valence-corrected chi connectivity index (χ4v) is 2.18. The molecule has 0 spiro atoms. The third kappa shape index (κ3) is 4.31. The number of amides is 2. The van der Waals surface area contributed by atoms with Crippen molar-refractivity contribution in [1.82, 2.24) is 5.32 Å². The van der Waals surface area contributed by atoms with Crippen LogP contribution in [-0.4, -0.2) is 26.0 Å². The molecule has 23 heavy (non-hydrogen) atoms. The van der Waals surface area contributed by atoms with Gasteiger partial charge in [-0.05, 0) is 35.9 Å². The molecule has 0 unspecified atom stereocenters. The SMILES string of the molecule is CNC(=O)c1ccc(Cl)c(NC(=O)c2ccc(COC)cc2)c1. The van der Waals surface area contributed by atoms with E-state index in [-0.39, 0.29) is 11.8 Å². The molecule has 2 amide bonds. The van der Waals surface area contributed by atoms with Crippen LogP contribution in [0.15, 0.2) is 42.5 Å². The molecule has 6 heteroatoms. The normalized spacial score (nSPS) is 10.2. The molecule has 2 rings (SSSR count). The van der Waals surface area contributed by atoms with Gasteiger partial charge in [-0.15, -0.1) is 0 Å². The van der Waals surface area contributed by atoms with Gasteiger partial charge >= 0.3 is 0 Å². The maximum atomic E-state index is 12.3. The van der Waals surface area contributed by atoms with Crippen molar-refractivity contribution in [2.75, 3.05) is 19.5 Å². The summed E-state index contributed by atoms with van der Waals surface area (Å²) < 4.78 is 5.03. The Morgan fingerprint density at radius 1 is 1.04 bits per heavy atom. The molecule has 0 bridgehead atoms. The number of anilines is 1. The Kier molecular flexibility index (Phi) is 5.73. The van der Waals surface area contributed by atoms with Gasteiger partial charge in [0, 0.05) is 25.3 Å². The standard InChI is InChI=1S/C17H17ClN2O3/c1-19-16(21)13-7-8-14(18)15(9-13)20-17(22)12-5-3-11(4-6-12)10-23-2/h3-9H,10H2,1-2H3,(H,19,21)(H,20,22). The van der Waals surface area contributed by atoms with Crippen molar-refractivity contribution in [2.24, 2.45) is 0 Å². The Morgan fingerprint density at radius 3 is 2.30 bits per heavy atom. The highest BCUT2D eigenvalue weighted by Gasteiger charge is 2.11. The molecule has 0 aliphatic heterocycles. The number of ether oxygens (including phenoxy) is 1. The molecule has 0 saturated carbocycles. The van der Waals surface area contributed by atoms with Gasteiger partial charge in [0.2, 0.25) is 0 Å². The fourth-order valence-electron chi connectivity index (χ4n) is 2.02. The molecule has 2 N–H and O–H groups in total. The maximum absolute atomic E-state index is 12.3. The van der Waals surface area contributed by atoms with E-state index < -0.39 is 0 Å². The number of nitrogens with one attached hydrogen (secondary N) is 2. The molecule has 0 aliphatic rings. The van der Waals surface area contributed by atoms with E-state index in [9.17, 15) is 9.59 Å². The fraction of sp³-hybridized carbons (Fsp3) is 0.176. The number of methoxy groups -OCH3 is 1. The van der Waals surface area contributed by atoms with E-state index in [1.54, 1.807) is 37.4 Å². The minimum Gasteiger partial charge on any atom is -0.380 e. The zero-order valence-electron chi connectivity index (χ0n) is 12.9. The maximum Gasteiger partial charge on any atom is 0.255 e. The Hall–Kier alpha value is -2.37. The molecule has 0 atom stereocenters. The van der Waals surface area contributed by atoms with Gasteiger partial charge in [-0.1, -0.05) is 23.7 Å². The second-order valence-electron chi connectivity index (χ2n) is 4.86. The van der Waals surface area contributed by atoms with E-state index in [0.29, 0.717) is 28.4 Å². The van der Waals surface area contributed by atoms with E-state index in [0.717, 1.165) is 5.56 Å². The smallest absolute Gasteiger partial charge is 0.255 e.